The largest absolute Gasteiger partial charge is 0.480 e. The van der Waals surface area contributed by atoms with Crippen LogP contribution in [0.2, 0.25) is 0 Å². The number of hydrogen-bond donors (Lipinski definition) is 1. The highest BCUT2D eigenvalue weighted by atomic mass is 16.5. The summed E-state index contributed by atoms with van der Waals surface area (Å²) in [4.78, 5) is 10.5. The summed E-state index contributed by atoms with van der Waals surface area (Å²) in [6.45, 7) is 1.53. The maximum atomic E-state index is 10.5. The summed E-state index contributed by atoms with van der Waals surface area (Å²) in [6.07, 6.45) is -0.253. The molecule has 0 aliphatic carbocycles. The van der Waals surface area contributed by atoms with E-state index in [2.05, 4.69) is 11.8 Å². The van der Waals surface area contributed by atoms with Gasteiger partial charge in [-0.1, -0.05) is 42.2 Å². The Morgan fingerprint density at radius 2 is 1.62 bits per heavy atom. The van der Waals surface area contributed by atoms with Gasteiger partial charge < -0.3 is 9.84 Å². The van der Waals surface area contributed by atoms with Gasteiger partial charge in [0.05, 0.1) is 6.10 Å². The molecule has 2 aromatic carbocycles. The van der Waals surface area contributed by atoms with Crippen LogP contribution in [0.1, 0.15) is 29.7 Å². The molecule has 106 valence electrons. The van der Waals surface area contributed by atoms with Gasteiger partial charge in [-0.3, -0.25) is 0 Å². The van der Waals surface area contributed by atoms with E-state index >= 15 is 0 Å². The molecule has 0 fully saturated rings. The van der Waals surface area contributed by atoms with Gasteiger partial charge >= 0.3 is 5.97 Å². The fraction of sp³-hybridized carbons (Fsp3) is 0.167. The van der Waals surface area contributed by atoms with E-state index in [1.165, 1.54) is 0 Å². The van der Waals surface area contributed by atoms with Crippen LogP contribution in [0, 0.1) is 11.8 Å². The van der Waals surface area contributed by atoms with Crippen LogP contribution in [0.3, 0.4) is 0 Å². The molecule has 3 heteroatoms. The molecular weight excluding hydrogens is 264 g/mol. The molecule has 2 aromatic rings. The number of benzene rings is 2. The Morgan fingerprint density at radius 1 is 1.05 bits per heavy atom. The Bertz CT molecular complexity index is 648. The first-order valence-corrected chi connectivity index (χ1v) is 6.65. The van der Waals surface area contributed by atoms with Crippen LogP contribution < -0.4 is 0 Å². The monoisotopic (exact) mass is 280 g/mol. The van der Waals surface area contributed by atoms with Gasteiger partial charge in [-0.15, -0.1) is 0 Å². The molecule has 0 saturated heterocycles. The lowest BCUT2D eigenvalue weighted by molar-refractivity contribution is -0.144. The van der Waals surface area contributed by atoms with Gasteiger partial charge in [-0.25, -0.2) is 4.79 Å². The molecule has 0 saturated carbocycles. The van der Waals surface area contributed by atoms with Crippen molar-refractivity contribution in [2.24, 2.45) is 0 Å². The maximum Gasteiger partial charge on any atom is 0.329 e. The Balaban J connectivity index is 2.02. The maximum absolute atomic E-state index is 10.5. The summed E-state index contributed by atoms with van der Waals surface area (Å²) in [5.41, 5.74) is 2.81. The van der Waals surface area contributed by atoms with Crippen molar-refractivity contribution in [1.82, 2.24) is 0 Å². The molecule has 0 bridgehead atoms. The first-order chi connectivity index (χ1) is 10.1. The molecule has 2 rings (SSSR count). The van der Waals surface area contributed by atoms with Crippen molar-refractivity contribution < 1.29 is 14.6 Å². The fourth-order valence-electron chi connectivity index (χ4n) is 1.80. The van der Waals surface area contributed by atoms with E-state index in [-0.39, 0.29) is 12.7 Å². The van der Waals surface area contributed by atoms with Crippen LogP contribution in [0.25, 0.3) is 0 Å². The van der Waals surface area contributed by atoms with Crippen LogP contribution >= 0.6 is 0 Å². The fourth-order valence-corrected chi connectivity index (χ4v) is 1.80. The van der Waals surface area contributed by atoms with Crippen LogP contribution in [-0.2, 0) is 9.53 Å². The highest BCUT2D eigenvalue weighted by molar-refractivity contribution is 5.68. The van der Waals surface area contributed by atoms with E-state index in [9.17, 15) is 4.79 Å². The van der Waals surface area contributed by atoms with Gasteiger partial charge in [0.2, 0.25) is 0 Å². The molecule has 0 radical (unpaired) electrons. The van der Waals surface area contributed by atoms with Gasteiger partial charge in [0, 0.05) is 11.1 Å². The third kappa shape index (κ3) is 4.79. The number of rotatable bonds is 4. The number of carboxylic acids is 1. The lowest BCUT2D eigenvalue weighted by atomic mass is 10.1. The molecule has 1 unspecified atom stereocenters. The third-order valence-corrected chi connectivity index (χ3v) is 2.96. The summed E-state index contributed by atoms with van der Waals surface area (Å²) >= 11 is 0. The number of carboxylic acid groups (broad SMARTS) is 1. The predicted octanol–water partition coefficient (Wildman–Crippen LogP) is 3.25. The zero-order valence-electron chi connectivity index (χ0n) is 11.7. The molecule has 0 heterocycles. The molecule has 0 aliphatic rings. The second kappa shape index (κ2) is 7.28. The molecular formula is C18H16O3. The zero-order chi connectivity index (χ0) is 15.1. The lowest BCUT2D eigenvalue weighted by Crippen LogP contribution is -2.09. The van der Waals surface area contributed by atoms with Crippen molar-refractivity contribution in [2.75, 3.05) is 6.61 Å². The van der Waals surface area contributed by atoms with Gasteiger partial charge in [0.15, 0.2) is 0 Å². The van der Waals surface area contributed by atoms with Crippen molar-refractivity contribution in [3.8, 4) is 11.8 Å². The van der Waals surface area contributed by atoms with Crippen LogP contribution in [-0.4, -0.2) is 17.7 Å². The van der Waals surface area contributed by atoms with Crippen molar-refractivity contribution in [3.63, 3.8) is 0 Å². The average molecular weight is 280 g/mol. The lowest BCUT2D eigenvalue weighted by Gasteiger charge is -2.11. The van der Waals surface area contributed by atoms with Crippen molar-refractivity contribution in [1.29, 1.82) is 0 Å². The predicted molar refractivity (Wildman–Crippen MR) is 80.9 cm³/mol. The molecule has 0 aromatic heterocycles. The summed E-state index contributed by atoms with van der Waals surface area (Å²) in [5.74, 6) is 5.22. The Kier molecular flexibility index (Phi) is 5.14. The number of ether oxygens (including phenoxy) is 1. The summed E-state index contributed by atoms with van der Waals surface area (Å²) in [5, 5.41) is 8.59. The Morgan fingerprint density at radius 3 is 2.19 bits per heavy atom. The summed E-state index contributed by atoms with van der Waals surface area (Å²) in [6, 6.07) is 17.4. The van der Waals surface area contributed by atoms with E-state index in [0.717, 1.165) is 16.7 Å². The molecule has 1 atom stereocenters. The second-order valence-electron chi connectivity index (χ2n) is 4.59. The Labute approximate surface area is 124 Å². The second-order valence-corrected chi connectivity index (χ2v) is 4.59. The normalized spacial score (nSPS) is 11.3. The smallest absolute Gasteiger partial charge is 0.329 e. The van der Waals surface area contributed by atoms with Crippen LogP contribution in [0.5, 0.6) is 0 Å². The minimum absolute atomic E-state index is 0.253. The average Bonchev–Trinajstić information content (AvgIpc) is 2.52. The third-order valence-electron chi connectivity index (χ3n) is 2.96. The van der Waals surface area contributed by atoms with E-state index < -0.39 is 5.97 Å². The SMILES string of the molecule is CC(OCC(=O)O)c1ccc(C#Cc2ccccc2)cc1. The van der Waals surface area contributed by atoms with Crippen LogP contribution in [0.4, 0.5) is 0 Å². The molecule has 21 heavy (non-hydrogen) atoms. The highest BCUT2D eigenvalue weighted by Gasteiger charge is 2.07. The molecule has 1 N–H and O–H groups in total. The van der Waals surface area contributed by atoms with Crippen LogP contribution in [0.15, 0.2) is 54.6 Å². The summed E-state index contributed by atoms with van der Waals surface area (Å²) < 4.78 is 5.22. The minimum Gasteiger partial charge on any atom is -0.480 e. The molecule has 0 spiro atoms. The standard InChI is InChI=1S/C18H16O3/c1-14(21-13-18(19)20)17-11-9-16(10-12-17)8-7-15-5-3-2-4-6-15/h2-6,9-12,14H,13H2,1H3,(H,19,20). The Hall–Kier alpha value is -2.57. The number of aliphatic carboxylic acids is 1. The topological polar surface area (TPSA) is 46.5 Å². The number of carbonyl (C=O) groups is 1. The minimum atomic E-state index is -0.966. The van der Waals surface area contributed by atoms with Gasteiger partial charge in [0.25, 0.3) is 0 Å². The highest BCUT2D eigenvalue weighted by Crippen LogP contribution is 2.16. The van der Waals surface area contributed by atoms with Crippen molar-refractivity contribution in [3.05, 3.63) is 71.3 Å². The first kappa shape index (κ1) is 14.8. The van der Waals surface area contributed by atoms with Gasteiger partial charge in [-0.2, -0.15) is 0 Å². The first-order valence-electron chi connectivity index (χ1n) is 6.65. The van der Waals surface area contributed by atoms with Crippen molar-refractivity contribution in [2.45, 2.75) is 13.0 Å². The van der Waals surface area contributed by atoms with E-state index in [0.29, 0.717) is 0 Å². The van der Waals surface area contributed by atoms with E-state index in [1.54, 1.807) is 0 Å². The molecule has 0 amide bonds. The summed E-state index contributed by atoms with van der Waals surface area (Å²) in [7, 11) is 0. The quantitative estimate of drug-likeness (QED) is 0.874. The molecule has 0 aliphatic heterocycles. The molecule has 3 nitrogen and oxygen atoms in total. The van der Waals surface area contributed by atoms with E-state index in [1.807, 2.05) is 61.5 Å². The van der Waals surface area contributed by atoms with Gasteiger partial charge in [-0.05, 0) is 36.8 Å². The van der Waals surface area contributed by atoms with Gasteiger partial charge in [0.1, 0.15) is 6.61 Å². The number of hydrogen-bond acceptors (Lipinski definition) is 2. The van der Waals surface area contributed by atoms with Crippen molar-refractivity contribution >= 4 is 5.97 Å². The zero-order valence-corrected chi connectivity index (χ0v) is 11.7. The van der Waals surface area contributed by atoms with E-state index in [4.69, 9.17) is 9.84 Å².